The molecule has 0 aromatic carbocycles. The van der Waals surface area contributed by atoms with E-state index in [1.165, 1.54) is 0 Å². The summed E-state index contributed by atoms with van der Waals surface area (Å²) in [4.78, 5) is 11.4. The number of hydrogen-bond acceptors (Lipinski definition) is 4. The molecular weight excluding hydrogens is 242 g/mol. The summed E-state index contributed by atoms with van der Waals surface area (Å²) in [5, 5.41) is 0. The number of nitrogens with two attached hydrogens (primary N) is 1. The van der Waals surface area contributed by atoms with E-state index in [2.05, 4.69) is 40.7 Å². The summed E-state index contributed by atoms with van der Waals surface area (Å²) in [6, 6.07) is 0.468. The minimum absolute atomic E-state index is 0.242. The first-order valence-corrected chi connectivity index (χ1v) is 7.11. The lowest BCUT2D eigenvalue weighted by atomic mass is 10.2. The fraction of sp³-hybridized carbons (Fsp3) is 0.923. The van der Waals surface area contributed by atoms with Gasteiger partial charge in [-0.05, 0) is 21.0 Å². The molecule has 0 saturated carbocycles. The van der Waals surface area contributed by atoms with Gasteiger partial charge in [0.2, 0.25) is 0 Å². The number of hydrogen-bond donors (Lipinski definition) is 1. The van der Waals surface area contributed by atoms with Crippen LogP contribution in [-0.2, 0) is 4.74 Å². The zero-order chi connectivity index (χ0) is 13.8. The van der Waals surface area contributed by atoms with Crippen LogP contribution in [0.2, 0.25) is 0 Å². The van der Waals surface area contributed by atoms with Crippen LogP contribution in [0.25, 0.3) is 0 Å². The van der Waals surface area contributed by atoms with Gasteiger partial charge >= 0.3 is 0 Å². The van der Waals surface area contributed by atoms with Gasteiger partial charge in [-0.15, -0.1) is 0 Å². The number of rotatable bonds is 2. The highest BCUT2D eigenvalue weighted by atomic mass is 16.5. The molecule has 2 aliphatic heterocycles. The Hall–Kier alpha value is -0.850. The van der Waals surface area contributed by atoms with Gasteiger partial charge in [0.05, 0.1) is 19.3 Å². The molecule has 2 atom stereocenters. The van der Waals surface area contributed by atoms with Gasteiger partial charge in [0, 0.05) is 38.8 Å². The molecule has 2 heterocycles. The molecule has 0 amide bonds. The first kappa shape index (κ1) is 14.6. The molecule has 2 saturated heterocycles. The number of guanidine groups is 1. The molecule has 0 radical (unpaired) electrons. The summed E-state index contributed by atoms with van der Waals surface area (Å²) < 4.78 is 5.52. The minimum Gasteiger partial charge on any atom is -0.375 e. The number of nitrogens with zero attached hydrogens (tertiary/aromatic N) is 4. The van der Waals surface area contributed by atoms with E-state index in [1.54, 1.807) is 0 Å². The van der Waals surface area contributed by atoms with Crippen LogP contribution in [0.3, 0.4) is 0 Å². The summed E-state index contributed by atoms with van der Waals surface area (Å²) in [6.07, 6.45) is 0.242. The molecule has 0 aromatic rings. The number of likely N-dealkylation sites (N-methyl/N-ethyl adjacent to an activating group) is 2. The van der Waals surface area contributed by atoms with E-state index >= 15 is 0 Å². The van der Waals surface area contributed by atoms with E-state index in [4.69, 9.17) is 10.5 Å². The van der Waals surface area contributed by atoms with Crippen molar-refractivity contribution in [2.24, 2.45) is 10.7 Å². The van der Waals surface area contributed by atoms with Crippen LogP contribution in [-0.4, -0.2) is 92.8 Å². The van der Waals surface area contributed by atoms with Crippen LogP contribution < -0.4 is 5.73 Å². The van der Waals surface area contributed by atoms with Crippen molar-refractivity contribution in [2.45, 2.75) is 19.1 Å². The van der Waals surface area contributed by atoms with Gasteiger partial charge in [0.15, 0.2) is 5.96 Å². The quantitative estimate of drug-likeness (QED) is 0.529. The molecule has 2 N–H and O–H groups in total. The Morgan fingerprint density at radius 1 is 1.26 bits per heavy atom. The Morgan fingerprint density at radius 2 is 2.05 bits per heavy atom. The highest BCUT2D eigenvalue weighted by molar-refractivity contribution is 5.78. The van der Waals surface area contributed by atoms with Gasteiger partial charge < -0.3 is 20.3 Å². The molecular formula is C13H27N5O. The van der Waals surface area contributed by atoms with Gasteiger partial charge in [-0.3, -0.25) is 9.89 Å². The lowest BCUT2D eigenvalue weighted by Crippen LogP contribution is -2.52. The van der Waals surface area contributed by atoms with Crippen LogP contribution in [0.5, 0.6) is 0 Å². The maximum atomic E-state index is 6.10. The smallest absolute Gasteiger partial charge is 0.191 e. The molecule has 2 fully saturated rings. The van der Waals surface area contributed by atoms with E-state index < -0.39 is 0 Å². The van der Waals surface area contributed by atoms with Crippen LogP contribution >= 0.6 is 0 Å². The maximum Gasteiger partial charge on any atom is 0.191 e. The van der Waals surface area contributed by atoms with E-state index in [0.717, 1.165) is 45.9 Å². The van der Waals surface area contributed by atoms with Crippen molar-refractivity contribution in [3.8, 4) is 0 Å². The Bertz CT molecular complexity index is 322. The summed E-state index contributed by atoms with van der Waals surface area (Å²) in [5.41, 5.74) is 6.10. The standard InChI is InChI=1S/C13H27N5O/c1-11-9-18(6-7-19-11)13(14)15-8-12-10-16(2)4-5-17(12)3/h11-12H,4-10H2,1-3H3,(H2,14,15). The highest BCUT2D eigenvalue weighted by Gasteiger charge is 2.23. The van der Waals surface area contributed by atoms with Gasteiger partial charge in [0.1, 0.15) is 0 Å². The van der Waals surface area contributed by atoms with E-state index in [9.17, 15) is 0 Å². The monoisotopic (exact) mass is 269 g/mol. The molecule has 110 valence electrons. The fourth-order valence-electron chi connectivity index (χ4n) is 2.62. The molecule has 19 heavy (non-hydrogen) atoms. The van der Waals surface area contributed by atoms with Crippen molar-refractivity contribution in [3.63, 3.8) is 0 Å². The summed E-state index contributed by atoms with van der Waals surface area (Å²) >= 11 is 0. The number of piperazine rings is 1. The minimum atomic E-state index is 0.242. The lowest BCUT2D eigenvalue weighted by Gasteiger charge is -2.37. The predicted octanol–water partition coefficient (Wildman–Crippen LogP) is -0.732. The van der Waals surface area contributed by atoms with Gasteiger partial charge in [-0.1, -0.05) is 0 Å². The van der Waals surface area contributed by atoms with Crippen molar-refractivity contribution in [2.75, 3.05) is 60.0 Å². The average Bonchev–Trinajstić information content (AvgIpc) is 2.39. The molecule has 2 unspecified atom stereocenters. The normalized spacial score (nSPS) is 31.7. The van der Waals surface area contributed by atoms with Crippen LogP contribution in [0.4, 0.5) is 0 Å². The maximum absolute atomic E-state index is 6.10. The first-order valence-electron chi connectivity index (χ1n) is 7.11. The number of morpholine rings is 1. The Kier molecular flexibility index (Phi) is 5.01. The van der Waals surface area contributed by atoms with Crippen LogP contribution in [0, 0.1) is 0 Å². The van der Waals surface area contributed by atoms with Crippen molar-refractivity contribution in [3.05, 3.63) is 0 Å². The Labute approximate surface area is 116 Å². The van der Waals surface area contributed by atoms with Gasteiger partial charge in [-0.2, -0.15) is 0 Å². The molecule has 0 aliphatic carbocycles. The lowest BCUT2D eigenvalue weighted by molar-refractivity contribution is 0.00521. The third kappa shape index (κ3) is 4.06. The molecule has 0 bridgehead atoms. The molecule has 2 aliphatic rings. The second kappa shape index (κ2) is 6.54. The Balaban J connectivity index is 1.86. The second-order valence-corrected chi connectivity index (χ2v) is 5.72. The third-order valence-corrected chi connectivity index (χ3v) is 4.01. The molecule has 0 aromatic heterocycles. The largest absolute Gasteiger partial charge is 0.375 e. The summed E-state index contributed by atoms with van der Waals surface area (Å²) in [7, 11) is 4.33. The summed E-state index contributed by atoms with van der Waals surface area (Å²) in [5.74, 6) is 0.664. The first-order chi connectivity index (χ1) is 9.06. The molecule has 6 heteroatoms. The van der Waals surface area contributed by atoms with Crippen molar-refractivity contribution >= 4 is 5.96 Å². The van der Waals surface area contributed by atoms with Crippen molar-refractivity contribution < 1.29 is 4.74 Å². The average molecular weight is 269 g/mol. The van der Waals surface area contributed by atoms with Crippen molar-refractivity contribution in [1.82, 2.24) is 14.7 Å². The number of ether oxygens (including phenoxy) is 1. The fourth-order valence-corrected chi connectivity index (χ4v) is 2.62. The van der Waals surface area contributed by atoms with Gasteiger partial charge in [-0.25, -0.2) is 0 Å². The summed E-state index contributed by atoms with van der Waals surface area (Å²) in [6.45, 7) is 8.58. The van der Waals surface area contributed by atoms with E-state index in [-0.39, 0.29) is 6.10 Å². The van der Waals surface area contributed by atoms with Crippen molar-refractivity contribution in [1.29, 1.82) is 0 Å². The van der Waals surface area contributed by atoms with Crippen LogP contribution in [0.1, 0.15) is 6.92 Å². The third-order valence-electron chi connectivity index (χ3n) is 4.01. The second-order valence-electron chi connectivity index (χ2n) is 5.72. The topological polar surface area (TPSA) is 57.3 Å². The van der Waals surface area contributed by atoms with E-state index in [0.29, 0.717) is 12.0 Å². The zero-order valence-electron chi connectivity index (χ0n) is 12.4. The Morgan fingerprint density at radius 3 is 2.79 bits per heavy atom. The SMILES string of the molecule is CC1CN(C(N)=NCC2CN(C)CCN2C)CCO1. The number of aliphatic imine (C=N–C) groups is 1. The zero-order valence-corrected chi connectivity index (χ0v) is 12.4. The molecule has 0 spiro atoms. The highest BCUT2D eigenvalue weighted by Crippen LogP contribution is 2.07. The predicted molar refractivity (Wildman–Crippen MR) is 77.4 cm³/mol. The molecule has 2 rings (SSSR count). The molecule has 6 nitrogen and oxygen atoms in total. The van der Waals surface area contributed by atoms with Crippen LogP contribution in [0.15, 0.2) is 4.99 Å². The van der Waals surface area contributed by atoms with E-state index in [1.807, 2.05) is 0 Å². The van der Waals surface area contributed by atoms with Gasteiger partial charge in [0.25, 0.3) is 0 Å².